The van der Waals surface area contributed by atoms with Crippen LogP contribution in [-0.4, -0.2) is 39.3 Å². The average molecular weight is 399 g/mol. The highest BCUT2D eigenvalue weighted by atomic mass is 127. The van der Waals surface area contributed by atoms with Gasteiger partial charge in [0.05, 0.1) is 17.1 Å². The predicted molar refractivity (Wildman–Crippen MR) is 77.8 cm³/mol. The van der Waals surface area contributed by atoms with Crippen molar-refractivity contribution in [2.75, 3.05) is 13.7 Å². The highest BCUT2D eigenvalue weighted by Crippen LogP contribution is 2.18. The van der Waals surface area contributed by atoms with Gasteiger partial charge in [-0.05, 0) is 47.7 Å². The number of nitrogens with one attached hydrogen (secondary N) is 1. The van der Waals surface area contributed by atoms with Gasteiger partial charge in [-0.15, -0.1) is 0 Å². The average Bonchev–Trinajstić information content (AvgIpc) is 2.28. The number of carbonyl (C=O) groups is 1. The van der Waals surface area contributed by atoms with E-state index < -0.39 is 22.0 Å². The molecule has 1 unspecified atom stereocenters. The molecule has 0 fully saturated rings. The SMILES string of the molecule is COCC(C)NS(=O)(=O)c1ccc(I)c(C(=O)O)c1. The summed E-state index contributed by atoms with van der Waals surface area (Å²) in [5.74, 6) is -1.16. The van der Waals surface area contributed by atoms with Crippen molar-refractivity contribution in [3.05, 3.63) is 27.3 Å². The maximum atomic E-state index is 12.0. The normalized spacial score (nSPS) is 13.2. The van der Waals surface area contributed by atoms with E-state index in [2.05, 4.69) is 4.72 Å². The van der Waals surface area contributed by atoms with Gasteiger partial charge in [0, 0.05) is 16.7 Å². The van der Waals surface area contributed by atoms with Crippen molar-refractivity contribution < 1.29 is 23.1 Å². The van der Waals surface area contributed by atoms with E-state index in [0.717, 1.165) is 6.07 Å². The first-order valence-electron chi connectivity index (χ1n) is 5.32. The molecule has 0 heterocycles. The summed E-state index contributed by atoms with van der Waals surface area (Å²) in [5.41, 5.74) is -0.0390. The molecule has 0 aliphatic heterocycles. The van der Waals surface area contributed by atoms with Gasteiger partial charge < -0.3 is 9.84 Å². The number of methoxy groups -OCH3 is 1. The van der Waals surface area contributed by atoms with E-state index in [0.29, 0.717) is 3.57 Å². The van der Waals surface area contributed by atoms with Crippen LogP contribution in [0.2, 0.25) is 0 Å². The second-order valence-corrected chi connectivity index (χ2v) is 6.80. The third-order valence-corrected chi connectivity index (χ3v) is 4.78. The van der Waals surface area contributed by atoms with Crippen LogP contribution < -0.4 is 4.72 Å². The number of hydrogen-bond donors (Lipinski definition) is 2. The van der Waals surface area contributed by atoms with Crippen LogP contribution in [0.4, 0.5) is 0 Å². The quantitative estimate of drug-likeness (QED) is 0.704. The van der Waals surface area contributed by atoms with Gasteiger partial charge >= 0.3 is 5.97 Å². The number of rotatable bonds is 6. The standard InChI is InChI=1S/C11H14INO5S/c1-7(6-18-2)13-19(16,17)8-3-4-10(12)9(5-8)11(14)15/h3-5,7,13H,6H2,1-2H3,(H,14,15). The number of carboxylic acids is 1. The number of halogens is 1. The number of carboxylic acid groups (broad SMARTS) is 1. The molecule has 106 valence electrons. The summed E-state index contributed by atoms with van der Waals surface area (Å²) in [5, 5.41) is 8.98. The van der Waals surface area contributed by atoms with E-state index in [9.17, 15) is 13.2 Å². The molecule has 0 aromatic heterocycles. The Morgan fingerprint density at radius 1 is 1.53 bits per heavy atom. The number of ether oxygens (including phenoxy) is 1. The first-order valence-corrected chi connectivity index (χ1v) is 7.88. The zero-order valence-corrected chi connectivity index (χ0v) is 13.4. The number of aromatic carboxylic acids is 1. The molecule has 2 N–H and O–H groups in total. The minimum Gasteiger partial charge on any atom is -0.478 e. The Bertz CT molecular complexity index is 572. The molecule has 0 amide bonds. The van der Waals surface area contributed by atoms with Crippen LogP contribution in [0.1, 0.15) is 17.3 Å². The Kier molecular flexibility index (Phi) is 5.71. The first-order chi connectivity index (χ1) is 8.77. The van der Waals surface area contributed by atoms with Crippen molar-refractivity contribution >= 4 is 38.6 Å². The highest BCUT2D eigenvalue weighted by molar-refractivity contribution is 14.1. The van der Waals surface area contributed by atoms with Gasteiger partial charge in [-0.2, -0.15) is 0 Å². The number of hydrogen-bond acceptors (Lipinski definition) is 4. The Morgan fingerprint density at radius 3 is 2.68 bits per heavy atom. The molecule has 0 radical (unpaired) electrons. The lowest BCUT2D eigenvalue weighted by molar-refractivity contribution is 0.0695. The molecule has 0 saturated heterocycles. The Hall–Kier alpha value is -0.710. The molecule has 1 rings (SSSR count). The zero-order chi connectivity index (χ0) is 14.6. The topological polar surface area (TPSA) is 92.7 Å². The molecule has 0 aliphatic rings. The summed E-state index contributed by atoms with van der Waals surface area (Å²) < 4.78 is 31.8. The van der Waals surface area contributed by atoms with Crippen LogP contribution in [0.5, 0.6) is 0 Å². The van der Waals surface area contributed by atoms with Crippen molar-refractivity contribution in [1.29, 1.82) is 0 Å². The van der Waals surface area contributed by atoms with E-state index in [1.807, 2.05) is 22.6 Å². The Morgan fingerprint density at radius 2 is 2.16 bits per heavy atom. The van der Waals surface area contributed by atoms with Crippen LogP contribution in [0.3, 0.4) is 0 Å². The smallest absolute Gasteiger partial charge is 0.336 e. The van der Waals surface area contributed by atoms with E-state index in [4.69, 9.17) is 9.84 Å². The molecule has 1 atom stereocenters. The van der Waals surface area contributed by atoms with Gasteiger partial charge in [-0.1, -0.05) is 0 Å². The largest absolute Gasteiger partial charge is 0.478 e. The fourth-order valence-electron chi connectivity index (χ4n) is 1.45. The zero-order valence-electron chi connectivity index (χ0n) is 10.4. The molecule has 1 aromatic carbocycles. The third kappa shape index (κ3) is 4.41. The lowest BCUT2D eigenvalue weighted by atomic mass is 10.2. The van der Waals surface area contributed by atoms with Crippen LogP contribution in [-0.2, 0) is 14.8 Å². The molecule has 0 bridgehead atoms. The molecule has 0 spiro atoms. The van der Waals surface area contributed by atoms with Gasteiger partial charge in [0.15, 0.2) is 0 Å². The van der Waals surface area contributed by atoms with Gasteiger partial charge in [0.2, 0.25) is 10.0 Å². The van der Waals surface area contributed by atoms with Crippen molar-refractivity contribution in [3.63, 3.8) is 0 Å². The van der Waals surface area contributed by atoms with Crippen molar-refractivity contribution in [2.45, 2.75) is 17.9 Å². The molecule has 0 aliphatic carbocycles. The van der Waals surface area contributed by atoms with Gasteiger partial charge in [-0.25, -0.2) is 17.9 Å². The monoisotopic (exact) mass is 399 g/mol. The van der Waals surface area contributed by atoms with Gasteiger partial charge in [-0.3, -0.25) is 0 Å². The summed E-state index contributed by atoms with van der Waals surface area (Å²) in [4.78, 5) is 10.9. The fraction of sp³-hybridized carbons (Fsp3) is 0.364. The third-order valence-electron chi connectivity index (χ3n) is 2.25. The van der Waals surface area contributed by atoms with E-state index in [1.165, 1.54) is 19.2 Å². The van der Waals surface area contributed by atoms with Crippen LogP contribution >= 0.6 is 22.6 Å². The minimum atomic E-state index is -3.75. The lowest BCUT2D eigenvalue weighted by Crippen LogP contribution is -2.35. The summed E-state index contributed by atoms with van der Waals surface area (Å²) in [6.45, 7) is 1.89. The molecule has 6 nitrogen and oxygen atoms in total. The van der Waals surface area contributed by atoms with Crippen LogP contribution in [0, 0.1) is 3.57 Å². The maximum Gasteiger partial charge on any atom is 0.336 e. The molecular weight excluding hydrogens is 385 g/mol. The number of benzene rings is 1. The summed E-state index contributed by atoms with van der Waals surface area (Å²) in [7, 11) is -2.28. The predicted octanol–water partition coefficient (Wildman–Crippen LogP) is 1.30. The summed E-state index contributed by atoms with van der Waals surface area (Å²) in [6.07, 6.45) is 0. The molecular formula is C11H14INO5S. The van der Waals surface area contributed by atoms with Crippen LogP contribution in [0.15, 0.2) is 23.1 Å². The number of sulfonamides is 1. The molecule has 8 heteroatoms. The van der Waals surface area contributed by atoms with Crippen LogP contribution in [0.25, 0.3) is 0 Å². The first kappa shape index (κ1) is 16.3. The van der Waals surface area contributed by atoms with Crippen molar-refractivity contribution in [2.24, 2.45) is 0 Å². The molecule has 19 heavy (non-hydrogen) atoms. The van der Waals surface area contributed by atoms with E-state index in [-0.39, 0.29) is 17.1 Å². The van der Waals surface area contributed by atoms with E-state index >= 15 is 0 Å². The van der Waals surface area contributed by atoms with E-state index in [1.54, 1.807) is 6.92 Å². The Labute approximate surface area is 125 Å². The van der Waals surface area contributed by atoms with Crippen molar-refractivity contribution in [1.82, 2.24) is 4.72 Å². The van der Waals surface area contributed by atoms with Gasteiger partial charge in [0.25, 0.3) is 0 Å². The molecule has 1 aromatic rings. The summed E-state index contributed by atoms with van der Waals surface area (Å²) >= 11 is 1.84. The van der Waals surface area contributed by atoms with Crippen molar-refractivity contribution in [3.8, 4) is 0 Å². The summed E-state index contributed by atoms with van der Waals surface area (Å²) in [6, 6.07) is 3.57. The lowest BCUT2D eigenvalue weighted by Gasteiger charge is -2.13. The van der Waals surface area contributed by atoms with Gasteiger partial charge in [0.1, 0.15) is 0 Å². The Balaban J connectivity index is 3.08. The maximum absolute atomic E-state index is 12.0. The highest BCUT2D eigenvalue weighted by Gasteiger charge is 2.20. The fourth-order valence-corrected chi connectivity index (χ4v) is 3.27. The minimum absolute atomic E-state index is 0.0390. The second-order valence-electron chi connectivity index (χ2n) is 3.92. The molecule has 0 saturated carbocycles. The second kappa shape index (κ2) is 6.64.